The zero-order valence-corrected chi connectivity index (χ0v) is 14.7. The van der Waals surface area contributed by atoms with Crippen molar-refractivity contribution in [1.29, 1.82) is 0 Å². The van der Waals surface area contributed by atoms with Gasteiger partial charge in [-0.3, -0.25) is 4.79 Å². The largest absolute Gasteiger partial charge is 0.303 e. The van der Waals surface area contributed by atoms with E-state index in [1.165, 1.54) is 5.56 Å². The number of hydrogen-bond donors (Lipinski definition) is 0. The number of likely N-dealkylation sites (N-methyl/N-ethyl adjacent to an activating group) is 1. The molecule has 0 aliphatic heterocycles. The van der Waals surface area contributed by atoms with Crippen LogP contribution in [-0.2, 0) is 4.79 Å². The molecule has 0 aliphatic rings. The Morgan fingerprint density at radius 3 is 2.52 bits per heavy atom. The zero-order chi connectivity index (χ0) is 17.0. The molecule has 1 heterocycles. The fourth-order valence-corrected chi connectivity index (χ4v) is 2.50. The van der Waals surface area contributed by atoms with Crippen LogP contribution in [0.25, 0.3) is 11.8 Å². The van der Waals surface area contributed by atoms with Gasteiger partial charge in [-0.05, 0) is 45.9 Å². The molecule has 5 heteroatoms. The van der Waals surface area contributed by atoms with Gasteiger partial charge in [0.1, 0.15) is 0 Å². The van der Waals surface area contributed by atoms with Gasteiger partial charge in [0.05, 0.1) is 16.9 Å². The molecule has 0 unspecified atom stereocenters. The summed E-state index contributed by atoms with van der Waals surface area (Å²) in [5, 5.41) is 4.35. The molecule has 2 aromatic rings. The van der Waals surface area contributed by atoms with Crippen molar-refractivity contribution >= 4 is 29.2 Å². The molecule has 0 aliphatic carbocycles. The number of rotatable bonds is 4. The predicted octanol–water partition coefficient (Wildman–Crippen LogP) is 3.78. The molecule has 120 valence electrons. The Balaban J connectivity index is 2.21. The summed E-state index contributed by atoms with van der Waals surface area (Å²) in [7, 11) is 0. The van der Waals surface area contributed by atoms with Gasteiger partial charge >= 0.3 is 0 Å². The van der Waals surface area contributed by atoms with Gasteiger partial charge in [0.25, 0.3) is 5.91 Å². The Bertz CT molecular complexity index is 744. The van der Waals surface area contributed by atoms with E-state index in [2.05, 4.69) is 5.10 Å². The molecular weight excluding hydrogens is 306 g/mol. The first-order valence-corrected chi connectivity index (χ1v) is 7.95. The first-order valence-electron chi connectivity index (χ1n) is 7.54. The van der Waals surface area contributed by atoms with Crippen LogP contribution in [-0.4, -0.2) is 32.1 Å². The van der Waals surface area contributed by atoms with Gasteiger partial charge < -0.3 is 4.90 Å². The minimum atomic E-state index is -0.0666. The first kappa shape index (κ1) is 17.1. The van der Waals surface area contributed by atoms with E-state index in [0.717, 1.165) is 11.3 Å². The molecule has 0 saturated heterocycles. The van der Waals surface area contributed by atoms with Crippen LogP contribution in [0.1, 0.15) is 31.9 Å². The van der Waals surface area contributed by atoms with Gasteiger partial charge in [0.15, 0.2) is 0 Å². The molecule has 0 saturated carbocycles. The lowest BCUT2D eigenvalue weighted by Gasteiger charge is -2.19. The monoisotopic (exact) mass is 327 g/mol. The summed E-state index contributed by atoms with van der Waals surface area (Å²) in [5.74, 6) is -0.0666. The summed E-state index contributed by atoms with van der Waals surface area (Å²) in [5.41, 5.74) is 3.72. The van der Waals surface area contributed by atoms with E-state index in [1.807, 2.05) is 50.4 Å². The fraction of sp³-hybridized carbons (Fsp3) is 0.278. The van der Waals surface area contributed by atoms with E-state index in [9.17, 15) is 4.79 Å². The molecule has 0 atom stereocenters. The normalized spacial score (nSPS) is 11.4. The quantitative estimate of drug-likeness (QED) is 0.633. The SMILES string of the molecule is CCN(C(=O)/C(C)=C/c1cnn(-c2ccc(C)cc2)c1)C(C)=S. The number of thiocarbonyl (C=S) groups is 1. The molecule has 1 aromatic carbocycles. The lowest BCUT2D eigenvalue weighted by Crippen LogP contribution is -2.34. The van der Waals surface area contributed by atoms with Gasteiger partial charge in [-0.2, -0.15) is 5.10 Å². The Morgan fingerprint density at radius 1 is 1.30 bits per heavy atom. The van der Waals surface area contributed by atoms with Crippen LogP contribution < -0.4 is 0 Å². The maximum Gasteiger partial charge on any atom is 0.254 e. The number of hydrogen-bond acceptors (Lipinski definition) is 3. The van der Waals surface area contributed by atoms with Crippen molar-refractivity contribution in [3.8, 4) is 5.69 Å². The molecule has 0 fully saturated rings. The maximum absolute atomic E-state index is 12.4. The minimum Gasteiger partial charge on any atom is -0.303 e. The van der Waals surface area contributed by atoms with Crippen molar-refractivity contribution in [2.45, 2.75) is 27.7 Å². The topological polar surface area (TPSA) is 38.1 Å². The van der Waals surface area contributed by atoms with Crippen LogP contribution in [0.5, 0.6) is 0 Å². The predicted molar refractivity (Wildman–Crippen MR) is 97.6 cm³/mol. The first-order chi connectivity index (χ1) is 10.9. The average Bonchev–Trinajstić information content (AvgIpc) is 2.96. The van der Waals surface area contributed by atoms with Gasteiger partial charge in [-0.1, -0.05) is 29.9 Å². The number of carbonyl (C=O) groups excluding carboxylic acids is 1. The Morgan fingerprint density at radius 2 is 1.96 bits per heavy atom. The van der Waals surface area contributed by atoms with Gasteiger partial charge in [0.2, 0.25) is 0 Å². The Kier molecular flexibility index (Phi) is 5.45. The average molecular weight is 327 g/mol. The van der Waals surface area contributed by atoms with Crippen LogP contribution in [0, 0.1) is 6.92 Å². The van der Waals surface area contributed by atoms with Crippen LogP contribution in [0.4, 0.5) is 0 Å². The summed E-state index contributed by atoms with van der Waals surface area (Å²) in [4.78, 5) is 14.6. The van der Waals surface area contributed by atoms with Gasteiger partial charge in [-0.15, -0.1) is 0 Å². The second-order valence-electron chi connectivity index (χ2n) is 5.45. The number of nitrogens with zero attached hydrogens (tertiary/aromatic N) is 3. The molecule has 0 radical (unpaired) electrons. The number of carbonyl (C=O) groups is 1. The number of benzene rings is 1. The van der Waals surface area contributed by atoms with Crippen LogP contribution >= 0.6 is 12.2 Å². The van der Waals surface area contributed by atoms with Crippen LogP contribution in [0.2, 0.25) is 0 Å². The molecule has 0 bridgehead atoms. The highest BCUT2D eigenvalue weighted by Crippen LogP contribution is 2.13. The molecule has 1 amide bonds. The third-order valence-electron chi connectivity index (χ3n) is 3.56. The Hall–Kier alpha value is -2.27. The van der Waals surface area contributed by atoms with Crippen LogP contribution in [0.3, 0.4) is 0 Å². The highest BCUT2D eigenvalue weighted by Gasteiger charge is 2.15. The maximum atomic E-state index is 12.4. The number of aryl methyl sites for hydroxylation is 1. The second kappa shape index (κ2) is 7.33. The van der Waals surface area contributed by atoms with Gasteiger partial charge in [-0.25, -0.2) is 4.68 Å². The smallest absolute Gasteiger partial charge is 0.254 e. The molecule has 2 rings (SSSR count). The molecule has 0 N–H and O–H groups in total. The Labute approximate surface area is 142 Å². The van der Waals surface area contributed by atoms with Crippen molar-refractivity contribution < 1.29 is 4.79 Å². The third-order valence-corrected chi connectivity index (χ3v) is 3.78. The summed E-state index contributed by atoms with van der Waals surface area (Å²) < 4.78 is 1.80. The molecule has 23 heavy (non-hydrogen) atoms. The summed E-state index contributed by atoms with van der Waals surface area (Å²) >= 11 is 5.12. The van der Waals surface area contributed by atoms with E-state index < -0.39 is 0 Å². The van der Waals surface area contributed by atoms with Crippen molar-refractivity contribution in [1.82, 2.24) is 14.7 Å². The van der Waals surface area contributed by atoms with E-state index in [4.69, 9.17) is 12.2 Å². The van der Waals surface area contributed by atoms with E-state index in [-0.39, 0.29) is 5.91 Å². The van der Waals surface area contributed by atoms with E-state index in [1.54, 1.807) is 29.6 Å². The molecule has 0 spiro atoms. The molecular formula is C18H21N3OS. The molecule has 4 nitrogen and oxygen atoms in total. The van der Waals surface area contributed by atoms with E-state index >= 15 is 0 Å². The summed E-state index contributed by atoms with van der Waals surface area (Å²) in [6.45, 7) is 8.10. The number of aromatic nitrogens is 2. The van der Waals surface area contributed by atoms with Crippen molar-refractivity contribution in [3.63, 3.8) is 0 Å². The van der Waals surface area contributed by atoms with Crippen molar-refractivity contribution in [2.75, 3.05) is 6.54 Å². The zero-order valence-electron chi connectivity index (χ0n) is 13.9. The lowest BCUT2D eigenvalue weighted by molar-refractivity contribution is -0.123. The van der Waals surface area contributed by atoms with Crippen LogP contribution in [0.15, 0.2) is 42.2 Å². The highest BCUT2D eigenvalue weighted by molar-refractivity contribution is 7.80. The molecule has 1 aromatic heterocycles. The number of amides is 1. The lowest BCUT2D eigenvalue weighted by atomic mass is 10.2. The van der Waals surface area contributed by atoms with Crippen molar-refractivity contribution in [2.24, 2.45) is 0 Å². The highest BCUT2D eigenvalue weighted by atomic mass is 32.1. The minimum absolute atomic E-state index is 0.0666. The summed E-state index contributed by atoms with van der Waals surface area (Å²) in [6, 6.07) is 8.12. The second-order valence-corrected chi connectivity index (χ2v) is 6.04. The fourth-order valence-electron chi connectivity index (χ4n) is 2.28. The third kappa shape index (κ3) is 4.13. The van der Waals surface area contributed by atoms with E-state index in [0.29, 0.717) is 17.1 Å². The standard InChI is InChI=1S/C18H21N3OS/c1-5-20(15(4)23)18(22)14(3)10-16-11-19-21(12-16)17-8-6-13(2)7-9-17/h6-12H,5H2,1-4H3/b14-10+. The van der Waals surface area contributed by atoms with Crippen molar-refractivity contribution in [3.05, 3.63) is 53.4 Å². The van der Waals surface area contributed by atoms with Gasteiger partial charge in [0, 0.05) is 23.9 Å². The summed E-state index contributed by atoms with van der Waals surface area (Å²) in [6.07, 6.45) is 5.49.